The van der Waals surface area contributed by atoms with Crippen LogP contribution in [0.15, 0.2) is 24.3 Å². The highest BCUT2D eigenvalue weighted by Crippen LogP contribution is 2.12. The molecule has 0 spiro atoms. The van der Waals surface area contributed by atoms with Crippen molar-refractivity contribution in [2.75, 3.05) is 30.8 Å². The van der Waals surface area contributed by atoms with Crippen LogP contribution in [0, 0.1) is 11.8 Å². The van der Waals surface area contributed by atoms with E-state index in [1.54, 1.807) is 24.3 Å². The van der Waals surface area contributed by atoms with E-state index >= 15 is 0 Å². The second kappa shape index (κ2) is 7.79. The standard InChI is InChI=1S/C13H17NO4S/c1-18-9-4-10-19(16,17)14-13-7-2-5-12(11-13)6-3-8-15/h2,5,7,11,14-15H,4,8-10H2,1H3. The fourth-order valence-electron chi connectivity index (χ4n) is 1.43. The fraction of sp³-hybridized carbons (Fsp3) is 0.385. The Morgan fingerprint density at radius 2 is 2.21 bits per heavy atom. The summed E-state index contributed by atoms with van der Waals surface area (Å²) < 4.78 is 30.8. The SMILES string of the molecule is COCCCS(=O)(=O)Nc1cccc(C#CCO)c1. The maximum absolute atomic E-state index is 11.8. The predicted molar refractivity (Wildman–Crippen MR) is 74.3 cm³/mol. The van der Waals surface area contributed by atoms with Crippen LogP contribution >= 0.6 is 0 Å². The van der Waals surface area contributed by atoms with Crippen LogP contribution in [0.4, 0.5) is 5.69 Å². The van der Waals surface area contributed by atoms with Crippen LogP contribution in [0.3, 0.4) is 0 Å². The third kappa shape index (κ3) is 6.25. The summed E-state index contributed by atoms with van der Waals surface area (Å²) in [6.45, 7) is 0.176. The minimum atomic E-state index is -3.37. The number of ether oxygens (including phenoxy) is 1. The number of aliphatic hydroxyl groups excluding tert-OH is 1. The molecule has 0 aliphatic carbocycles. The van der Waals surface area contributed by atoms with Crippen molar-refractivity contribution in [1.82, 2.24) is 0 Å². The smallest absolute Gasteiger partial charge is 0.232 e. The molecule has 6 heteroatoms. The Balaban J connectivity index is 2.71. The summed E-state index contributed by atoms with van der Waals surface area (Å²) in [5.41, 5.74) is 1.10. The topological polar surface area (TPSA) is 75.6 Å². The summed E-state index contributed by atoms with van der Waals surface area (Å²) in [7, 11) is -1.84. The van der Waals surface area contributed by atoms with E-state index < -0.39 is 10.0 Å². The van der Waals surface area contributed by atoms with E-state index in [1.807, 2.05) is 0 Å². The first-order chi connectivity index (χ1) is 9.07. The van der Waals surface area contributed by atoms with Gasteiger partial charge in [0, 0.05) is 25.0 Å². The number of anilines is 1. The van der Waals surface area contributed by atoms with E-state index in [4.69, 9.17) is 9.84 Å². The van der Waals surface area contributed by atoms with Crippen LogP contribution in [0.25, 0.3) is 0 Å². The number of nitrogens with one attached hydrogen (secondary N) is 1. The maximum Gasteiger partial charge on any atom is 0.232 e. The molecule has 0 radical (unpaired) electrons. The first-order valence-electron chi connectivity index (χ1n) is 5.76. The molecule has 0 unspecified atom stereocenters. The van der Waals surface area contributed by atoms with Gasteiger partial charge >= 0.3 is 0 Å². The van der Waals surface area contributed by atoms with Crippen LogP contribution in [0.1, 0.15) is 12.0 Å². The van der Waals surface area contributed by atoms with Crippen molar-refractivity contribution in [3.8, 4) is 11.8 Å². The van der Waals surface area contributed by atoms with Crippen LogP contribution in [-0.2, 0) is 14.8 Å². The lowest BCUT2D eigenvalue weighted by Crippen LogP contribution is -2.17. The molecule has 104 valence electrons. The van der Waals surface area contributed by atoms with E-state index in [0.29, 0.717) is 24.3 Å². The molecule has 0 aliphatic heterocycles. The van der Waals surface area contributed by atoms with Gasteiger partial charge in [-0.3, -0.25) is 4.72 Å². The molecule has 0 amide bonds. The number of sulfonamides is 1. The summed E-state index contributed by atoms with van der Waals surface area (Å²) in [5, 5.41) is 8.61. The Bertz CT molecular complexity index is 557. The monoisotopic (exact) mass is 283 g/mol. The van der Waals surface area contributed by atoms with Gasteiger partial charge in [0.15, 0.2) is 0 Å². The van der Waals surface area contributed by atoms with Gasteiger partial charge in [-0.15, -0.1) is 0 Å². The fourth-order valence-corrected chi connectivity index (χ4v) is 2.51. The number of hydrogen-bond donors (Lipinski definition) is 2. The van der Waals surface area contributed by atoms with Gasteiger partial charge in [0.25, 0.3) is 0 Å². The van der Waals surface area contributed by atoms with Crippen LogP contribution < -0.4 is 4.72 Å². The molecule has 0 aliphatic rings. The van der Waals surface area contributed by atoms with E-state index in [0.717, 1.165) is 0 Å². The zero-order valence-corrected chi connectivity index (χ0v) is 11.5. The van der Waals surface area contributed by atoms with Gasteiger partial charge < -0.3 is 9.84 Å². The Morgan fingerprint density at radius 1 is 1.42 bits per heavy atom. The van der Waals surface area contributed by atoms with Crippen molar-refractivity contribution >= 4 is 15.7 Å². The Hall–Kier alpha value is -1.55. The molecule has 0 saturated heterocycles. The van der Waals surface area contributed by atoms with Gasteiger partial charge in [0.2, 0.25) is 10.0 Å². The van der Waals surface area contributed by atoms with Crippen molar-refractivity contribution < 1.29 is 18.3 Å². The zero-order valence-electron chi connectivity index (χ0n) is 10.7. The van der Waals surface area contributed by atoms with Crippen LogP contribution in [-0.4, -0.2) is 39.6 Å². The normalized spacial score (nSPS) is 10.6. The molecule has 1 aromatic rings. The molecule has 1 aromatic carbocycles. The Kier molecular flexibility index (Phi) is 6.36. The van der Waals surface area contributed by atoms with Gasteiger partial charge in [-0.1, -0.05) is 17.9 Å². The van der Waals surface area contributed by atoms with Crippen molar-refractivity contribution in [3.63, 3.8) is 0 Å². The number of methoxy groups -OCH3 is 1. The molecule has 0 fully saturated rings. The number of aliphatic hydroxyl groups is 1. The van der Waals surface area contributed by atoms with Crippen molar-refractivity contribution in [1.29, 1.82) is 0 Å². The average Bonchev–Trinajstić information content (AvgIpc) is 2.36. The molecule has 0 heterocycles. The molecule has 1 rings (SSSR count). The molecule has 0 bridgehead atoms. The minimum Gasteiger partial charge on any atom is -0.385 e. The molecule has 0 atom stereocenters. The first kappa shape index (κ1) is 15.5. The maximum atomic E-state index is 11.8. The lowest BCUT2D eigenvalue weighted by Gasteiger charge is -2.07. The lowest BCUT2D eigenvalue weighted by atomic mass is 10.2. The van der Waals surface area contributed by atoms with Crippen LogP contribution in [0.2, 0.25) is 0 Å². The van der Waals surface area contributed by atoms with Crippen molar-refractivity contribution in [2.24, 2.45) is 0 Å². The Labute approximate surface area is 113 Å². The van der Waals surface area contributed by atoms with Gasteiger partial charge in [0.05, 0.1) is 5.75 Å². The second-order valence-electron chi connectivity index (χ2n) is 3.81. The second-order valence-corrected chi connectivity index (χ2v) is 5.65. The summed E-state index contributed by atoms with van der Waals surface area (Å²) >= 11 is 0. The van der Waals surface area contributed by atoms with Crippen LogP contribution in [0.5, 0.6) is 0 Å². The highest BCUT2D eigenvalue weighted by atomic mass is 32.2. The van der Waals surface area contributed by atoms with E-state index in [-0.39, 0.29) is 12.4 Å². The summed E-state index contributed by atoms with van der Waals surface area (Å²) in [6.07, 6.45) is 0.440. The van der Waals surface area contributed by atoms with Crippen molar-refractivity contribution in [3.05, 3.63) is 29.8 Å². The van der Waals surface area contributed by atoms with Gasteiger partial charge in [-0.25, -0.2) is 8.42 Å². The lowest BCUT2D eigenvalue weighted by molar-refractivity contribution is 0.199. The first-order valence-corrected chi connectivity index (χ1v) is 7.42. The van der Waals surface area contributed by atoms with Crippen molar-refractivity contribution in [2.45, 2.75) is 6.42 Å². The molecule has 0 aromatic heterocycles. The summed E-state index contributed by atoms with van der Waals surface area (Å²) in [5.74, 6) is 5.23. The average molecular weight is 283 g/mol. The van der Waals surface area contributed by atoms with E-state index in [2.05, 4.69) is 16.6 Å². The molecule has 5 nitrogen and oxygen atoms in total. The number of hydrogen-bond acceptors (Lipinski definition) is 4. The van der Waals surface area contributed by atoms with Gasteiger partial charge in [0.1, 0.15) is 6.61 Å². The number of rotatable bonds is 6. The summed E-state index contributed by atoms with van der Waals surface area (Å²) in [6, 6.07) is 6.72. The number of benzene rings is 1. The third-order valence-corrected chi connectivity index (χ3v) is 3.58. The third-order valence-electron chi connectivity index (χ3n) is 2.21. The molecule has 2 N–H and O–H groups in total. The van der Waals surface area contributed by atoms with E-state index in [9.17, 15) is 8.42 Å². The van der Waals surface area contributed by atoms with Gasteiger partial charge in [-0.2, -0.15) is 0 Å². The predicted octanol–water partition coefficient (Wildman–Crippen LogP) is 0.809. The molecular formula is C13H17NO4S. The van der Waals surface area contributed by atoms with Gasteiger partial charge in [-0.05, 0) is 24.6 Å². The summed E-state index contributed by atoms with van der Waals surface area (Å²) in [4.78, 5) is 0. The highest BCUT2D eigenvalue weighted by Gasteiger charge is 2.09. The molecule has 19 heavy (non-hydrogen) atoms. The minimum absolute atomic E-state index is 0.00733. The molecular weight excluding hydrogens is 266 g/mol. The quantitative estimate of drug-likeness (QED) is 0.598. The largest absolute Gasteiger partial charge is 0.385 e. The highest BCUT2D eigenvalue weighted by molar-refractivity contribution is 7.92. The molecule has 0 saturated carbocycles. The zero-order chi connectivity index (χ0) is 14.1. The Morgan fingerprint density at radius 3 is 2.89 bits per heavy atom. The van der Waals surface area contributed by atoms with E-state index in [1.165, 1.54) is 7.11 Å².